The van der Waals surface area contributed by atoms with Gasteiger partial charge in [-0.05, 0) is 75.0 Å². The van der Waals surface area contributed by atoms with Crippen molar-refractivity contribution in [1.82, 2.24) is 0 Å². The van der Waals surface area contributed by atoms with Gasteiger partial charge in [-0.2, -0.15) is 0 Å². The molecule has 5 fully saturated rings. The van der Waals surface area contributed by atoms with E-state index in [1.54, 1.807) is 0 Å². The van der Waals surface area contributed by atoms with Crippen LogP contribution in [-0.4, -0.2) is 34.5 Å². The predicted octanol–water partition coefficient (Wildman–Crippen LogP) is 3.22. The molecule has 0 aromatic rings. The summed E-state index contributed by atoms with van der Waals surface area (Å²) in [5.74, 6) is 0.784. The third kappa shape index (κ3) is 1.48. The number of epoxide rings is 1. The lowest BCUT2D eigenvalue weighted by Gasteiger charge is -2.63. The number of hydrogen-bond acceptors (Lipinski definition) is 3. The number of carboxylic acid groups (broad SMARTS) is 1. The predicted molar refractivity (Wildman–Crippen MR) is 88.4 cm³/mol. The van der Waals surface area contributed by atoms with Crippen LogP contribution in [-0.2, 0) is 9.53 Å². The second-order valence-corrected chi connectivity index (χ2v) is 10.0. The standard InChI is InChI=1S/C20H30O4/c1-17-7-3-8-18(2,16(22)23)13(17)6-9-19-10-12(4-5-14(17)19)20(11-21)15(19)24-20/h12-15,21H,3-11H2,1-2H3,(H,22,23). The third-order valence-electron chi connectivity index (χ3n) is 9.47. The van der Waals surface area contributed by atoms with Gasteiger partial charge in [0, 0.05) is 5.41 Å². The average Bonchev–Trinajstić information content (AvgIpc) is 3.27. The molecule has 4 nitrogen and oxygen atoms in total. The second kappa shape index (κ2) is 4.37. The highest BCUT2D eigenvalue weighted by atomic mass is 16.6. The normalized spacial score (nSPS) is 60.8. The molecule has 0 radical (unpaired) electrons. The fourth-order valence-electron chi connectivity index (χ4n) is 8.46. The van der Waals surface area contributed by atoms with E-state index in [0.29, 0.717) is 11.8 Å². The van der Waals surface area contributed by atoms with Crippen LogP contribution in [0.2, 0.25) is 0 Å². The summed E-state index contributed by atoms with van der Waals surface area (Å²) in [7, 11) is 0. The largest absolute Gasteiger partial charge is 0.481 e. The Morgan fingerprint density at radius 3 is 2.62 bits per heavy atom. The van der Waals surface area contributed by atoms with Crippen molar-refractivity contribution in [2.75, 3.05) is 6.61 Å². The zero-order valence-electron chi connectivity index (χ0n) is 14.9. The van der Waals surface area contributed by atoms with E-state index in [9.17, 15) is 15.0 Å². The lowest BCUT2D eigenvalue weighted by Crippen LogP contribution is -2.59. The maximum absolute atomic E-state index is 12.1. The van der Waals surface area contributed by atoms with Crippen molar-refractivity contribution in [3.05, 3.63) is 0 Å². The first-order valence-electron chi connectivity index (χ1n) is 9.86. The van der Waals surface area contributed by atoms with Gasteiger partial charge in [-0.15, -0.1) is 0 Å². The van der Waals surface area contributed by atoms with E-state index in [4.69, 9.17) is 4.74 Å². The summed E-state index contributed by atoms with van der Waals surface area (Å²) in [6.07, 6.45) is 8.93. The molecule has 8 atom stereocenters. The molecule has 1 spiro atoms. The number of aliphatic carboxylic acids is 1. The molecule has 8 unspecified atom stereocenters. The Bertz CT molecular complexity index is 604. The fourth-order valence-corrected chi connectivity index (χ4v) is 8.46. The van der Waals surface area contributed by atoms with Crippen LogP contribution in [0.1, 0.15) is 65.2 Å². The zero-order chi connectivity index (χ0) is 17.0. The van der Waals surface area contributed by atoms with E-state index < -0.39 is 11.4 Å². The molecule has 1 saturated heterocycles. The number of rotatable bonds is 2. The van der Waals surface area contributed by atoms with E-state index >= 15 is 0 Å². The number of hydrogen-bond donors (Lipinski definition) is 2. The lowest BCUT2D eigenvalue weighted by molar-refractivity contribution is -0.187. The first-order valence-corrected chi connectivity index (χ1v) is 9.86. The molecule has 5 aliphatic rings. The van der Waals surface area contributed by atoms with E-state index in [2.05, 4.69) is 6.92 Å². The third-order valence-corrected chi connectivity index (χ3v) is 9.47. The minimum atomic E-state index is -0.596. The van der Waals surface area contributed by atoms with Gasteiger partial charge in [0.1, 0.15) is 5.60 Å². The number of carbonyl (C=O) groups is 1. The summed E-state index contributed by atoms with van der Waals surface area (Å²) in [6, 6.07) is 0. The summed E-state index contributed by atoms with van der Waals surface area (Å²) in [4.78, 5) is 12.1. The molecule has 0 amide bonds. The van der Waals surface area contributed by atoms with Crippen LogP contribution < -0.4 is 0 Å². The van der Waals surface area contributed by atoms with Crippen LogP contribution in [0.4, 0.5) is 0 Å². The molecule has 1 aliphatic heterocycles. The minimum Gasteiger partial charge on any atom is -0.481 e. The Labute approximate surface area is 144 Å². The molecule has 1 heterocycles. The van der Waals surface area contributed by atoms with Crippen molar-refractivity contribution in [2.45, 2.75) is 76.9 Å². The van der Waals surface area contributed by atoms with Crippen LogP contribution in [0.25, 0.3) is 0 Å². The Kier molecular flexibility index (Phi) is 2.85. The Hall–Kier alpha value is -0.610. The van der Waals surface area contributed by atoms with Crippen molar-refractivity contribution in [2.24, 2.45) is 34.0 Å². The Balaban J connectivity index is 1.56. The molecule has 4 aliphatic carbocycles. The lowest BCUT2D eigenvalue weighted by atomic mass is 9.40. The fraction of sp³-hybridized carbons (Fsp3) is 0.950. The molecule has 4 heteroatoms. The summed E-state index contributed by atoms with van der Waals surface area (Å²) in [6.45, 7) is 4.57. The van der Waals surface area contributed by atoms with Crippen LogP contribution in [0.5, 0.6) is 0 Å². The van der Waals surface area contributed by atoms with Crippen LogP contribution in [0.15, 0.2) is 0 Å². The maximum Gasteiger partial charge on any atom is 0.309 e. The number of aliphatic hydroxyl groups excluding tert-OH is 1. The molecule has 4 saturated carbocycles. The highest BCUT2D eigenvalue weighted by Crippen LogP contribution is 2.78. The van der Waals surface area contributed by atoms with Gasteiger partial charge in [0.15, 0.2) is 0 Å². The van der Waals surface area contributed by atoms with Crippen molar-refractivity contribution in [1.29, 1.82) is 0 Å². The minimum absolute atomic E-state index is 0.117. The van der Waals surface area contributed by atoms with E-state index in [1.165, 1.54) is 12.8 Å². The van der Waals surface area contributed by atoms with Crippen molar-refractivity contribution in [3.8, 4) is 0 Å². The number of fused-ring (bicyclic) bond motifs is 5. The van der Waals surface area contributed by atoms with Crippen LogP contribution >= 0.6 is 0 Å². The van der Waals surface area contributed by atoms with E-state index in [-0.39, 0.29) is 35.1 Å². The van der Waals surface area contributed by atoms with Crippen molar-refractivity contribution >= 4 is 5.97 Å². The Morgan fingerprint density at radius 1 is 1.12 bits per heavy atom. The molecule has 2 bridgehead atoms. The average molecular weight is 334 g/mol. The summed E-state index contributed by atoms with van der Waals surface area (Å²) in [5.41, 5.74) is -0.467. The van der Waals surface area contributed by atoms with Crippen molar-refractivity contribution in [3.63, 3.8) is 0 Å². The van der Waals surface area contributed by atoms with E-state index in [1.807, 2.05) is 6.92 Å². The monoisotopic (exact) mass is 334 g/mol. The Morgan fingerprint density at radius 2 is 1.92 bits per heavy atom. The SMILES string of the molecule is CC1(C(=O)O)CCCC2(C)C1CCC13CC(CCC21)C1(CO)OC31. The highest BCUT2D eigenvalue weighted by molar-refractivity contribution is 5.75. The molecular weight excluding hydrogens is 304 g/mol. The summed E-state index contributed by atoms with van der Waals surface area (Å²) in [5, 5.41) is 19.9. The zero-order valence-corrected chi connectivity index (χ0v) is 14.9. The van der Waals surface area contributed by atoms with Gasteiger partial charge < -0.3 is 14.9 Å². The number of carboxylic acids is 1. The molecule has 5 rings (SSSR count). The van der Waals surface area contributed by atoms with Crippen LogP contribution in [0.3, 0.4) is 0 Å². The smallest absolute Gasteiger partial charge is 0.309 e. The number of aliphatic hydroxyl groups is 1. The van der Waals surface area contributed by atoms with Gasteiger partial charge in [0.2, 0.25) is 0 Å². The van der Waals surface area contributed by atoms with Gasteiger partial charge >= 0.3 is 5.97 Å². The topological polar surface area (TPSA) is 70.1 Å². The second-order valence-electron chi connectivity index (χ2n) is 10.0. The quantitative estimate of drug-likeness (QED) is 0.761. The first kappa shape index (κ1) is 15.6. The van der Waals surface area contributed by atoms with Gasteiger partial charge in [-0.3, -0.25) is 4.79 Å². The van der Waals surface area contributed by atoms with E-state index in [0.717, 1.165) is 38.5 Å². The molecule has 0 aromatic heterocycles. The molecule has 134 valence electrons. The van der Waals surface area contributed by atoms with Gasteiger partial charge in [-0.25, -0.2) is 0 Å². The number of ether oxygens (including phenoxy) is 1. The summed E-state index contributed by atoms with van der Waals surface area (Å²) < 4.78 is 6.17. The van der Waals surface area contributed by atoms with Crippen molar-refractivity contribution < 1.29 is 19.7 Å². The molecule has 2 N–H and O–H groups in total. The van der Waals surface area contributed by atoms with Gasteiger partial charge in [-0.1, -0.05) is 13.3 Å². The highest BCUT2D eigenvalue weighted by Gasteiger charge is 2.80. The molecule has 24 heavy (non-hydrogen) atoms. The molecular formula is C20H30O4. The van der Waals surface area contributed by atoms with Crippen LogP contribution in [0, 0.1) is 34.0 Å². The van der Waals surface area contributed by atoms with Gasteiger partial charge in [0.05, 0.1) is 18.1 Å². The molecule has 0 aromatic carbocycles. The van der Waals surface area contributed by atoms with Gasteiger partial charge in [0.25, 0.3) is 0 Å². The maximum atomic E-state index is 12.1. The first-order chi connectivity index (χ1) is 11.3. The summed E-state index contributed by atoms with van der Waals surface area (Å²) >= 11 is 0.